The van der Waals surface area contributed by atoms with E-state index >= 15 is 0 Å². The summed E-state index contributed by atoms with van der Waals surface area (Å²) < 4.78 is 1.83. The molecule has 0 unspecified atom stereocenters. The van der Waals surface area contributed by atoms with Crippen molar-refractivity contribution in [2.45, 2.75) is 40.0 Å². The molecule has 1 aromatic carbocycles. The van der Waals surface area contributed by atoms with Crippen molar-refractivity contribution < 1.29 is 4.79 Å². The van der Waals surface area contributed by atoms with Gasteiger partial charge < -0.3 is 5.32 Å². The van der Waals surface area contributed by atoms with Gasteiger partial charge in [-0.15, -0.1) is 0 Å². The van der Waals surface area contributed by atoms with Crippen LogP contribution in [0, 0.1) is 13.8 Å². The summed E-state index contributed by atoms with van der Waals surface area (Å²) in [6, 6.07) is 9.88. The van der Waals surface area contributed by atoms with Crippen LogP contribution in [0.5, 0.6) is 0 Å². The maximum atomic E-state index is 12.3. The number of para-hydroxylation sites is 1. The second-order valence-electron chi connectivity index (χ2n) is 5.26. The van der Waals surface area contributed by atoms with Crippen molar-refractivity contribution in [3.63, 3.8) is 0 Å². The van der Waals surface area contributed by atoms with Crippen LogP contribution in [-0.2, 0) is 0 Å². The zero-order valence-corrected chi connectivity index (χ0v) is 13.0. The fourth-order valence-electron chi connectivity index (χ4n) is 2.46. The van der Waals surface area contributed by atoms with Gasteiger partial charge in [0.15, 0.2) is 0 Å². The lowest BCUT2D eigenvalue weighted by molar-refractivity contribution is 0.0951. The lowest BCUT2D eigenvalue weighted by Crippen LogP contribution is -2.25. The Labute approximate surface area is 126 Å². The molecule has 0 aliphatic carbocycles. The van der Waals surface area contributed by atoms with Gasteiger partial charge in [-0.05, 0) is 32.4 Å². The maximum Gasteiger partial charge on any atom is 0.255 e. The fraction of sp³-hybridized carbons (Fsp3) is 0.412. The summed E-state index contributed by atoms with van der Waals surface area (Å²) in [6.45, 7) is 6.70. The van der Waals surface area contributed by atoms with Crippen molar-refractivity contribution in [2.24, 2.45) is 0 Å². The van der Waals surface area contributed by atoms with Gasteiger partial charge in [-0.1, -0.05) is 38.0 Å². The van der Waals surface area contributed by atoms with Gasteiger partial charge in [0.1, 0.15) is 0 Å². The third-order valence-electron chi connectivity index (χ3n) is 3.59. The first-order valence-electron chi connectivity index (χ1n) is 7.55. The molecule has 4 heteroatoms. The topological polar surface area (TPSA) is 46.9 Å². The van der Waals surface area contributed by atoms with Crippen molar-refractivity contribution in [3.8, 4) is 5.69 Å². The van der Waals surface area contributed by atoms with Gasteiger partial charge >= 0.3 is 0 Å². The number of aryl methyl sites for hydroxylation is 1. The summed E-state index contributed by atoms with van der Waals surface area (Å²) in [5.74, 6) is -0.0247. The van der Waals surface area contributed by atoms with E-state index in [0.29, 0.717) is 5.56 Å². The van der Waals surface area contributed by atoms with E-state index in [9.17, 15) is 4.79 Å². The van der Waals surface area contributed by atoms with Crippen LogP contribution in [-0.4, -0.2) is 22.2 Å². The Balaban J connectivity index is 2.18. The molecule has 2 aromatic rings. The van der Waals surface area contributed by atoms with Crippen LogP contribution in [0.3, 0.4) is 0 Å². The van der Waals surface area contributed by atoms with Gasteiger partial charge in [-0.2, -0.15) is 5.10 Å². The first kappa shape index (κ1) is 15.3. The number of unbranched alkanes of at least 4 members (excludes halogenated alkanes) is 2. The Kier molecular flexibility index (Phi) is 5.14. The molecular formula is C17H23N3O. The normalized spacial score (nSPS) is 10.6. The van der Waals surface area contributed by atoms with E-state index in [4.69, 9.17) is 0 Å². The fourth-order valence-corrected chi connectivity index (χ4v) is 2.46. The molecule has 0 aliphatic heterocycles. The predicted molar refractivity (Wildman–Crippen MR) is 84.9 cm³/mol. The molecule has 0 saturated carbocycles. The van der Waals surface area contributed by atoms with Gasteiger partial charge in [-0.25, -0.2) is 4.68 Å². The molecule has 0 aliphatic rings. The van der Waals surface area contributed by atoms with E-state index in [-0.39, 0.29) is 5.91 Å². The molecule has 0 fully saturated rings. The number of carbonyl (C=O) groups is 1. The largest absolute Gasteiger partial charge is 0.352 e. The molecule has 2 rings (SSSR count). The highest BCUT2D eigenvalue weighted by Gasteiger charge is 2.18. The van der Waals surface area contributed by atoms with E-state index in [1.165, 1.54) is 0 Å². The van der Waals surface area contributed by atoms with Crippen LogP contribution in [0.2, 0.25) is 0 Å². The summed E-state index contributed by atoms with van der Waals surface area (Å²) in [7, 11) is 0. The van der Waals surface area contributed by atoms with Gasteiger partial charge in [0.25, 0.3) is 5.91 Å². The van der Waals surface area contributed by atoms with Crippen LogP contribution in [0.25, 0.3) is 5.69 Å². The second kappa shape index (κ2) is 7.07. The molecule has 0 saturated heterocycles. The Morgan fingerprint density at radius 3 is 2.57 bits per heavy atom. The summed E-state index contributed by atoms with van der Waals surface area (Å²) in [5.41, 5.74) is 3.31. The zero-order chi connectivity index (χ0) is 15.2. The lowest BCUT2D eigenvalue weighted by Gasteiger charge is -2.06. The molecular weight excluding hydrogens is 262 g/mol. The van der Waals surface area contributed by atoms with Crippen molar-refractivity contribution in [3.05, 3.63) is 47.3 Å². The quantitative estimate of drug-likeness (QED) is 0.827. The molecule has 1 amide bonds. The van der Waals surface area contributed by atoms with E-state index < -0.39 is 0 Å². The van der Waals surface area contributed by atoms with E-state index in [1.807, 2.05) is 48.9 Å². The third-order valence-corrected chi connectivity index (χ3v) is 3.59. The van der Waals surface area contributed by atoms with Crippen LogP contribution >= 0.6 is 0 Å². The monoisotopic (exact) mass is 285 g/mol. The lowest BCUT2D eigenvalue weighted by atomic mass is 10.1. The van der Waals surface area contributed by atoms with Crippen LogP contribution in [0.15, 0.2) is 30.3 Å². The number of nitrogens with zero attached hydrogens (tertiary/aromatic N) is 2. The van der Waals surface area contributed by atoms with E-state index in [1.54, 1.807) is 0 Å². The molecule has 112 valence electrons. The Morgan fingerprint density at radius 2 is 1.90 bits per heavy atom. The smallest absolute Gasteiger partial charge is 0.255 e. The minimum Gasteiger partial charge on any atom is -0.352 e. The van der Waals surface area contributed by atoms with Gasteiger partial charge in [0.2, 0.25) is 0 Å². The molecule has 0 bridgehead atoms. The number of hydrogen-bond acceptors (Lipinski definition) is 2. The standard InChI is InChI=1S/C17H23N3O/c1-4-5-9-12-18-17(21)16-13(2)19-20(14(16)3)15-10-7-6-8-11-15/h6-8,10-11H,4-5,9,12H2,1-3H3,(H,18,21). The van der Waals surface area contributed by atoms with Crippen molar-refractivity contribution in [1.82, 2.24) is 15.1 Å². The first-order valence-corrected chi connectivity index (χ1v) is 7.55. The van der Waals surface area contributed by atoms with Gasteiger partial charge in [0, 0.05) is 6.54 Å². The molecule has 1 N–H and O–H groups in total. The SMILES string of the molecule is CCCCCNC(=O)c1c(C)nn(-c2ccccc2)c1C. The zero-order valence-electron chi connectivity index (χ0n) is 13.0. The molecule has 0 radical (unpaired) electrons. The molecule has 0 atom stereocenters. The highest BCUT2D eigenvalue weighted by molar-refractivity contribution is 5.96. The number of rotatable bonds is 6. The average Bonchev–Trinajstić information content (AvgIpc) is 2.79. The number of hydrogen-bond donors (Lipinski definition) is 1. The number of carbonyl (C=O) groups excluding carboxylic acids is 1. The Hall–Kier alpha value is -2.10. The van der Waals surface area contributed by atoms with Crippen molar-refractivity contribution in [2.75, 3.05) is 6.54 Å². The summed E-state index contributed by atoms with van der Waals surface area (Å²) in [4.78, 5) is 12.3. The van der Waals surface area contributed by atoms with E-state index in [0.717, 1.165) is 42.9 Å². The van der Waals surface area contributed by atoms with Crippen LogP contribution < -0.4 is 5.32 Å². The number of nitrogens with one attached hydrogen (secondary N) is 1. The maximum absolute atomic E-state index is 12.3. The summed E-state index contributed by atoms with van der Waals surface area (Å²) in [6.07, 6.45) is 3.31. The third kappa shape index (κ3) is 3.51. The van der Waals surface area contributed by atoms with E-state index in [2.05, 4.69) is 17.3 Å². The number of amides is 1. The molecule has 1 heterocycles. The Bertz CT molecular complexity index is 602. The number of benzene rings is 1. The first-order chi connectivity index (χ1) is 10.1. The molecule has 4 nitrogen and oxygen atoms in total. The summed E-state index contributed by atoms with van der Waals surface area (Å²) >= 11 is 0. The van der Waals surface area contributed by atoms with Crippen LogP contribution in [0.4, 0.5) is 0 Å². The highest BCUT2D eigenvalue weighted by Crippen LogP contribution is 2.17. The molecule has 1 aromatic heterocycles. The average molecular weight is 285 g/mol. The van der Waals surface area contributed by atoms with Crippen molar-refractivity contribution >= 4 is 5.91 Å². The molecule has 0 spiro atoms. The van der Waals surface area contributed by atoms with Crippen LogP contribution in [0.1, 0.15) is 47.9 Å². The van der Waals surface area contributed by atoms with Crippen molar-refractivity contribution in [1.29, 1.82) is 0 Å². The molecule has 21 heavy (non-hydrogen) atoms. The Morgan fingerprint density at radius 1 is 1.19 bits per heavy atom. The highest BCUT2D eigenvalue weighted by atomic mass is 16.1. The predicted octanol–water partition coefficient (Wildman–Crippen LogP) is 3.41. The minimum absolute atomic E-state index is 0.0247. The summed E-state index contributed by atoms with van der Waals surface area (Å²) in [5, 5.41) is 7.49. The van der Waals surface area contributed by atoms with Gasteiger partial charge in [-0.3, -0.25) is 4.79 Å². The second-order valence-corrected chi connectivity index (χ2v) is 5.26. The minimum atomic E-state index is -0.0247. The van der Waals surface area contributed by atoms with Gasteiger partial charge in [0.05, 0.1) is 22.6 Å². The number of aromatic nitrogens is 2.